The van der Waals surface area contributed by atoms with Gasteiger partial charge in [0, 0.05) is 26.8 Å². The van der Waals surface area contributed by atoms with Crippen LogP contribution in [0, 0.1) is 0 Å². The molecule has 2 rings (SSSR count). The van der Waals surface area contributed by atoms with Crippen molar-refractivity contribution in [1.82, 2.24) is 5.32 Å². The first-order valence-corrected chi connectivity index (χ1v) is 4.66. The van der Waals surface area contributed by atoms with Crippen molar-refractivity contribution in [3.63, 3.8) is 0 Å². The van der Waals surface area contributed by atoms with E-state index in [1.54, 1.807) is 14.2 Å². The van der Waals surface area contributed by atoms with Gasteiger partial charge in [-0.2, -0.15) is 0 Å². The molecule has 74 valence electrons. The fourth-order valence-electron chi connectivity index (χ4n) is 2.56. The fourth-order valence-corrected chi connectivity index (χ4v) is 2.56. The molecule has 4 nitrogen and oxygen atoms in total. The third kappa shape index (κ3) is 1.22. The van der Waals surface area contributed by atoms with E-state index in [0.29, 0.717) is 12.6 Å². The fraction of sp³-hybridized carbons (Fsp3) is 1.00. The Labute approximate surface area is 79.3 Å². The molecule has 0 aliphatic carbocycles. The Kier molecular flexibility index (Phi) is 2.36. The van der Waals surface area contributed by atoms with Crippen LogP contribution in [-0.4, -0.2) is 59.0 Å². The van der Waals surface area contributed by atoms with Crippen molar-refractivity contribution in [2.24, 2.45) is 0 Å². The van der Waals surface area contributed by atoms with Crippen LogP contribution in [-0.2, 0) is 14.2 Å². The first-order valence-electron chi connectivity index (χ1n) is 4.66. The van der Waals surface area contributed by atoms with Crippen molar-refractivity contribution in [1.29, 1.82) is 0 Å². The van der Waals surface area contributed by atoms with Crippen molar-refractivity contribution in [3.05, 3.63) is 0 Å². The Bertz CT molecular complexity index is 204. The molecule has 0 aromatic heterocycles. The molecule has 2 saturated heterocycles. The average Bonchev–Trinajstić information content (AvgIpc) is 2.55. The molecule has 2 heterocycles. The summed E-state index contributed by atoms with van der Waals surface area (Å²) in [5, 5.41) is 3.40. The Hall–Kier alpha value is -0.0951. The maximum absolute atomic E-state index is 5.88. The molecule has 13 heavy (non-hydrogen) atoms. The van der Waals surface area contributed by atoms with Crippen molar-refractivity contribution < 1.29 is 14.2 Å². The minimum absolute atomic E-state index is 0.127. The molecule has 0 aromatic rings. The molecule has 2 bridgehead atoms. The summed E-state index contributed by atoms with van der Waals surface area (Å²) in [7, 11) is 5.50. The van der Waals surface area contributed by atoms with Crippen LogP contribution < -0.4 is 5.32 Å². The summed E-state index contributed by atoms with van der Waals surface area (Å²) < 4.78 is 16.5. The van der Waals surface area contributed by atoms with Crippen molar-refractivity contribution in [2.45, 2.75) is 23.8 Å². The molecule has 0 amide bonds. The molecule has 2 aliphatic heterocycles. The third-order valence-corrected chi connectivity index (χ3v) is 3.05. The Morgan fingerprint density at radius 1 is 1.62 bits per heavy atom. The van der Waals surface area contributed by atoms with Crippen LogP contribution in [0.15, 0.2) is 0 Å². The Morgan fingerprint density at radius 2 is 2.38 bits per heavy atom. The van der Waals surface area contributed by atoms with Crippen LogP contribution in [0.2, 0.25) is 0 Å². The number of morpholine rings is 1. The summed E-state index contributed by atoms with van der Waals surface area (Å²) in [6.45, 7) is 1.42. The molecule has 2 aliphatic rings. The molecule has 4 atom stereocenters. The number of methoxy groups -OCH3 is 2. The molecule has 0 radical (unpaired) electrons. The predicted molar refractivity (Wildman–Crippen MR) is 50.6 cm³/mol. The summed E-state index contributed by atoms with van der Waals surface area (Å²) in [6, 6.07) is 0.536. The first-order chi connectivity index (χ1) is 6.23. The Balaban J connectivity index is 2.17. The van der Waals surface area contributed by atoms with E-state index in [2.05, 4.69) is 13.2 Å². The Morgan fingerprint density at radius 3 is 2.92 bits per heavy atom. The smallest absolute Gasteiger partial charge is 0.141 e. The maximum Gasteiger partial charge on any atom is 0.141 e. The van der Waals surface area contributed by atoms with Gasteiger partial charge in [0.1, 0.15) is 19.6 Å². The number of nitrogens with one attached hydrogen (secondary N) is 1. The highest BCUT2D eigenvalue weighted by molar-refractivity contribution is 6.12. The zero-order valence-electron chi connectivity index (χ0n) is 8.37. The van der Waals surface area contributed by atoms with E-state index in [1.807, 2.05) is 0 Å². The zero-order valence-corrected chi connectivity index (χ0v) is 8.37. The maximum atomic E-state index is 5.88. The van der Waals surface area contributed by atoms with Gasteiger partial charge >= 0.3 is 0 Å². The number of ether oxygens (including phenoxy) is 3. The lowest BCUT2D eigenvalue weighted by atomic mass is 9.91. The highest BCUT2D eigenvalue weighted by Crippen LogP contribution is 2.36. The molecule has 0 saturated carbocycles. The van der Waals surface area contributed by atoms with E-state index in [0.717, 1.165) is 6.54 Å². The molecule has 2 fully saturated rings. The molecule has 0 aromatic carbocycles. The largest absolute Gasteiger partial charge is 0.382 e. The highest BCUT2D eigenvalue weighted by atomic mass is 16.6. The van der Waals surface area contributed by atoms with Crippen LogP contribution in [0.3, 0.4) is 0 Å². The van der Waals surface area contributed by atoms with Crippen molar-refractivity contribution >= 4 is 7.85 Å². The molecule has 5 heteroatoms. The van der Waals surface area contributed by atoms with E-state index >= 15 is 0 Å². The standard InChI is InChI=1S/C8H16BNO3/c1-11-4-8-3-10-5(6(8)12-2)7(9)13-8/h5-7,10H,3-4,9H2,1-2H3/t5?,6-,7+,8-/m0/s1. The van der Waals surface area contributed by atoms with E-state index in [9.17, 15) is 0 Å². The second-order valence-corrected chi connectivity index (χ2v) is 3.88. The SMILES string of the molecule is B[C@@H]1O[C@]2(COC)CNC1[C@@H]2OC. The van der Waals surface area contributed by atoms with Crippen molar-refractivity contribution in [3.8, 4) is 0 Å². The molecule has 1 unspecified atom stereocenters. The van der Waals surface area contributed by atoms with Gasteiger partial charge in [0.2, 0.25) is 0 Å². The highest BCUT2D eigenvalue weighted by Gasteiger charge is 2.58. The normalized spacial score (nSPS) is 48.6. The second kappa shape index (κ2) is 3.24. The van der Waals surface area contributed by atoms with Crippen LogP contribution in [0.4, 0.5) is 0 Å². The minimum atomic E-state index is -0.256. The number of hydrogen-bond donors (Lipinski definition) is 1. The number of rotatable bonds is 3. The molecule has 1 N–H and O–H groups in total. The molecular formula is C8H16BNO3. The van der Waals surface area contributed by atoms with Gasteiger partial charge in [-0.25, -0.2) is 0 Å². The van der Waals surface area contributed by atoms with Gasteiger partial charge in [-0.3, -0.25) is 0 Å². The average molecular weight is 185 g/mol. The van der Waals surface area contributed by atoms with Crippen LogP contribution >= 0.6 is 0 Å². The van der Waals surface area contributed by atoms with Crippen LogP contribution in [0.1, 0.15) is 0 Å². The lowest BCUT2D eigenvalue weighted by Gasteiger charge is -2.30. The van der Waals surface area contributed by atoms with E-state index in [1.165, 1.54) is 0 Å². The van der Waals surface area contributed by atoms with Gasteiger partial charge in [0.05, 0.1) is 12.6 Å². The topological polar surface area (TPSA) is 39.7 Å². The summed E-state index contributed by atoms with van der Waals surface area (Å²) in [4.78, 5) is 0. The summed E-state index contributed by atoms with van der Waals surface area (Å²) in [5.74, 6) is 0. The van der Waals surface area contributed by atoms with E-state index in [-0.39, 0.29) is 17.7 Å². The van der Waals surface area contributed by atoms with Crippen molar-refractivity contribution in [2.75, 3.05) is 27.4 Å². The number of hydrogen-bond acceptors (Lipinski definition) is 4. The summed E-state index contributed by atoms with van der Waals surface area (Å²) in [6.07, 6.45) is 0.127. The molecule has 0 spiro atoms. The second-order valence-electron chi connectivity index (χ2n) is 3.88. The quantitative estimate of drug-likeness (QED) is 0.534. The third-order valence-electron chi connectivity index (χ3n) is 3.05. The first kappa shape index (κ1) is 9.46. The van der Waals surface area contributed by atoms with Crippen LogP contribution in [0.25, 0.3) is 0 Å². The number of fused-ring (bicyclic) bond motifs is 2. The zero-order chi connectivity index (χ0) is 9.47. The lowest BCUT2D eigenvalue weighted by molar-refractivity contribution is -0.107. The predicted octanol–water partition coefficient (Wildman–Crippen LogP) is -1.65. The van der Waals surface area contributed by atoms with Gasteiger partial charge in [-0.05, 0) is 0 Å². The van der Waals surface area contributed by atoms with Gasteiger partial charge in [-0.15, -0.1) is 0 Å². The molecular weight excluding hydrogens is 169 g/mol. The van der Waals surface area contributed by atoms with Crippen LogP contribution in [0.5, 0.6) is 0 Å². The van der Waals surface area contributed by atoms with E-state index < -0.39 is 0 Å². The van der Waals surface area contributed by atoms with E-state index in [4.69, 9.17) is 14.2 Å². The monoisotopic (exact) mass is 185 g/mol. The minimum Gasteiger partial charge on any atom is -0.382 e. The van der Waals surface area contributed by atoms with Gasteiger partial charge in [0.25, 0.3) is 0 Å². The van der Waals surface area contributed by atoms with Gasteiger partial charge in [-0.1, -0.05) is 0 Å². The summed E-state index contributed by atoms with van der Waals surface area (Å²) >= 11 is 0. The van der Waals surface area contributed by atoms with Gasteiger partial charge < -0.3 is 19.5 Å². The lowest BCUT2D eigenvalue weighted by Crippen LogP contribution is -2.48. The summed E-state index contributed by atoms with van der Waals surface area (Å²) in [5.41, 5.74) is -0.256. The van der Waals surface area contributed by atoms with Gasteiger partial charge in [0.15, 0.2) is 0 Å².